The number of carbonyl (C=O) groups excluding carboxylic acids is 1. The summed E-state index contributed by atoms with van der Waals surface area (Å²) in [7, 11) is 0. The first kappa shape index (κ1) is 16.2. The van der Waals surface area contributed by atoms with Crippen molar-refractivity contribution in [1.82, 2.24) is 9.88 Å². The van der Waals surface area contributed by atoms with Gasteiger partial charge in [-0.05, 0) is 25.7 Å². The van der Waals surface area contributed by atoms with Gasteiger partial charge in [0.15, 0.2) is 5.13 Å². The Morgan fingerprint density at radius 3 is 3.14 bits per heavy atom. The Balaban J connectivity index is 1.83. The zero-order valence-corrected chi connectivity index (χ0v) is 13.9. The molecule has 0 radical (unpaired) electrons. The van der Waals surface area contributed by atoms with E-state index >= 15 is 0 Å². The molecule has 0 spiro atoms. The third kappa shape index (κ3) is 4.41. The van der Waals surface area contributed by atoms with Crippen LogP contribution in [0.3, 0.4) is 0 Å². The Hall–Kier alpha value is -1.14. The van der Waals surface area contributed by atoms with Crippen molar-refractivity contribution in [2.75, 3.05) is 31.6 Å². The van der Waals surface area contributed by atoms with Crippen molar-refractivity contribution in [2.24, 2.45) is 5.92 Å². The van der Waals surface area contributed by atoms with Gasteiger partial charge in [-0.3, -0.25) is 5.32 Å². The van der Waals surface area contributed by atoms with Crippen LogP contribution in [0.25, 0.3) is 0 Å². The van der Waals surface area contributed by atoms with E-state index in [-0.39, 0.29) is 6.03 Å². The normalized spacial score (nSPS) is 19.8. The van der Waals surface area contributed by atoms with Crippen LogP contribution in [0.1, 0.15) is 45.2 Å². The number of rotatable bonds is 6. The summed E-state index contributed by atoms with van der Waals surface area (Å²) in [6.07, 6.45) is 2.08. The van der Waals surface area contributed by atoms with E-state index in [0.29, 0.717) is 17.0 Å². The second-order valence-electron chi connectivity index (χ2n) is 5.58. The first-order valence-corrected chi connectivity index (χ1v) is 8.61. The van der Waals surface area contributed by atoms with E-state index in [2.05, 4.69) is 24.1 Å². The van der Waals surface area contributed by atoms with Crippen LogP contribution in [0.4, 0.5) is 9.93 Å². The molecule has 0 bridgehead atoms. The predicted octanol–water partition coefficient (Wildman–Crippen LogP) is 3.55. The Bertz CT molecular complexity index is 464. The maximum absolute atomic E-state index is 12.2. The number of nitrogens with one attached hydrogen (secondary N) is 1. The number of anilines is 1. The summed E-state index contributed by atoms with van der Waals surface area (Å²) in [5.74, 6) is 0.900. The summed E-state index contributed by atoms with van der Waals surface area (Å²) in [6.45, 7) is 9.35. The van der Waals surface area contributed by atoms with Crippen LogP contribution < -0.4 is 5.32 Å². The molecule has 1 aliphatic rings. The molecule has 0 saturated carbocycles. The first-order valence-electron chi connectivity index (χ1n) is 7.73. The quantitative estimate of drug-likeness (QED) is 0.874. The van der Waals surface area contributed by atoms with Crippen molar-refractivity contribution in [3.05, 3.63) is 11.1 Å². The molecule has 1 N–H and O–H groups in total. The van der Waals surface area contributed by atoms with Gasteiger partial charge in [-0.1, -0.05) is 13.8 Å². The van der Waals surface area contributed by atoms with E-state index in [1.54, 1.807) is 0 Å². The van der Waals surface area contributed by atoms with E-state index in [0.717, 1.165) is 44.8 Å². The monoisotopic (exact) mass is 311 g/mol. The van der Waals surface area contributed by atoms with E-state index < -0.39 is 0 Å². The zero-order valence-electron chi connectivity index (χ0n) is 13.1. The molecule has 2 amide bonds. The molecule has 5 nitrogen and oxygen atoms in total. The second kappa shape index (κ2) is 7.75. The number of aromatic nitrogens is 1. The van der Waals surface area contributed by atoms with Crippen molar-refractivity contribution >= 4 is 22.5 Å². The summed E-state index contributed by atoms with van der Waals surface area (Å²) in [5, 5.41) is 5.64. The molecule has 2 rings (SSSR count). The van der Waals surface area contributed by atoms with Gasteiger partial charge in [0, 0.05) is 31.0 Å². The molecule has 2 heterocycles. The molecule has 6 heteroatoms. The highest BCUT2D eigenvalue weighted by atomic mass is 32.1. The van der Waals surface area contributed by atoms with Gasteiger partial charge in [0.1, 0.15) is 0 Å². The van der Waals surface area contributed by atoms with Crippen LogP contribution in [0.5, 0.6) is 0 Å². The van der Waals surface area contributed by atoms with Crippen LogP contribution >= 0.6 is 11.3 Å². The minimum Gasteiger partial charge on any atom is -0.381 e. The van der Waals surface area contributed by atoms with Crippen LogP contribution in [0, 0.1) is 5.92 Å². The van der Waals surface area contributed by atoms with E-state index in [9.17, 15) is 4.79 Å². The predicted molar refractivity (Wildman–Crippen MR) is 86.0 cm³/mol. The van der Waals surface area contributed by atoms with Crippen LogP contribution in [0.15, 0.2) is 5.38 Å². The molecular formula is C15H25N3O2S. The average Bonchev–Trinajstić information content (AvgIpc) is 3.13. The molecule has 1 aromatic heterocycles. The third-order valence-corrected chi connectivity index (χ3v) is 4.76. The maximum Gasteiger partial charge on any atom is 0.323 e. The van der Waals surface area contributed by atoms with Gasteiger partial charge in [0.2, 0.25) is 0 Å². The number of hydrogen-bond acceptors (Lipinski definition) is 4. The lowest BCUT2D eigenvalue weighted by atomic mass is 10.1. The van der Waals surface area contributed by atoms with Crippen LogP contribution in [-0.2, 0) is 4.74 Å². The van der Waals surface area contributed by atoms with Crippen LogP contribution in [-0.4, -0.2) is 42.2 Å². The summed E-state index contributed by atoms with van der Waals surface area (Å²) in [6, 6.07) is -0.0425. The highest BCUT2D eigenvalue weighted by Crippen LogP contribution is 2.25. The Morgan fingerprint density at radius 1 is 1.62 bits per heavy atom. The van der Waals surface area contributed by atoms with Gasteiger partial charge in [0.25, 0.3) is 0 Å². The van der Waals surface area contributed by atoms with Crippen LogP contribution in [0.2, 0.25) is 0 Å². The number of ether oxygens (including phenoxy) is 1. The summed E-state index contributed by atoms with van der Waals surface area (Å²) < 4.78 is 5.44. The molecular weight excluding hydrogens is 286 g/mol. The molecule has 118 valence electrons. The van der Waals surface area contributed by atoms with Gasteiger partial charge < -0.3 is 9.64 Å². The topological polar surface area (TPSA) is 54.5 Å². The SMILES string of the molecule is CCOC[C@H]1CCN(C(=O)Nc2nc([C@H](C)CC)cs2)C1. The fraction of sp³-hybridized carbons (Fsp3) is 0.733. The average molecular weight is 311 g/mol. The fourth-order valence-electron chi connectivity index (χ4n) is 2.39. The summed E-state index contributed by atoms with van der Waals surface area (Å²) in [4.78, 5) is 18.6. The molecule has 1 fully saturated rings. The highest BCUT2D eigenvalue weighted by molar-refractivity contribution is 7.13. The van der Waals surface area contributed by atoms with Gasteiger partial charge in [-0.2, -0.15) is 0 Å². The van der Waals surface area contributed by atoms with Gasteiger partial charge in [0.05, 0.1) is 12.3 Å². The number of likely N-dealkylation sites (tertiary alicyclic amines) is 1. The van der Waals surface area contributed by atoms with Gasteiger partial charge in [-0.15, -0.1) is 11.3 Å². The van der Waals surface area contributed by atoms with E-state index in [4.69, 9.17) is 4.74 Å². The number of urea groups is 1. The minimum atomic E-state index is -0.0425. The van der Waals surface area contributed by atoms with E-state index in [1.807, 2.05) is 17.2 Å². The zero-order chi connectivity index (χ0) is 15.2. The van der Waals surface area contributed by atoms with Crippen molar-refractivity contribution in [2.45, 2.75) is 39.5 Å². The van der Waals surface area contributed by atoms with E-state index in [1.165, 1.54) is 11.3 Å². The van der Waals surface area contributed by atoms with Crippen molar-refractivity contribution in [3.63, 3.8) is 0 Å². The number of thiazole rings is 1. The molecule has 1 aromatic rings. The highest BCUT2D eigenvalue weighted by Gasteiger charge is 2.26. The lowest BCUT2D eigenvalue weighted by Crippen LogP contribution is -2.33. The Labute approximate surface area is 130 Å². The number of nitrogens with zero attached hydrogens (tertiary/aromatic N) is 2. The third-order valence-electron chi connectivity index (χ3n) is 3.98. The maximum atomic E-state index is 12.2. The lowest BCUT2D eigenvalue weighted by Gasteiger charge is -2.16. The van der Waals surface area contributed by atoms with Crippen molar-refractivity contribution in [3.8, 4) is 0 Å². The molecule has 2 atom stereocenters. The van der Waals surface area contributed by atoms with Crippen molar-refractivity contribution in [1.29, 1.82) is 0 Å². The molecule has 21 heavy (non-hydrogen) atoms. The fourth-order valence-corrected chi connectivity index (χ4v) is 3.21. The van der Waals surface area contributed by atoms with Crippen molar-refractivity contribution < 1.29 is 9.53 Å². The largest absolute Gasteiger partial charge is 0.381 e. The molecule has 1 aliphatic heterocycles. The first-order chi connectivity index (χ1) is 10.1. The molecule has 1 saturated heterocycles. The minimum absolute atomic E-state index is 0.0425. The number of carbonyl (C=O) groups is 1. The number of amides is 2. The molecule has 0 unspecified atom stereocenters. The second-order valence-corrected chi connectivity index (χ2v) is 6.44. The summed E-state index contributed by atoms with van der Waals surface area (Å²) >= 11 is 1.50. The lowest BCUT2D eigenvalue weighted by molar-refractivity contribution is 0.113. The standard InChI is InChI=1S/C15H25N3O2S/c1-4-11(3)13-10-21-14(16-13)17-15(19)18-7-6-12(8-18)9-20-5-2/h10-12H,4-9H2,1-3H3,(H,16,17,19)/t11-,12+/m1/s1. The smallest absolute Gasteiger partial charge is 0.323 e. The molecule has 0 aromatic carbocycles. The summed E-state index contributed by atoms with van der Waals surface area (Å²) in [5.41, 5.74) is 1.06. The molecule has 0 aliphatic carbocycles. The number of hydrogen-bond donors (Lipinski definition) is 1. The van der Waals surface area contributed by atoms with Gasteiger partial charge >= 0.3 is 6.03 Å². The Kier molecular flexibility index (Phi) is 5.99. The Morgan fingerprint density at radius 2 is 2.43 bits per heavy atom. The van der Waals surface area contributed by atoms with Gasteiger partial charge in [-0.25, -0.2) is 9.78 Å².